The number of primary amides is 1. The summed E-state index contributed by atoms with van der Waals surface area (Å²) in [6.07, 6.45) is 0.583. The van der Waals surface area contributed by atoms with E-state index in [1.807, 2.05) is 0 Å². The van der Waals surface area contributed by atoms with Gasteiger partial charge in [-0.3, -0.25) is 33.7 Å². The smallest absolute Gasteiger partial charge is 0.287 e. The van der Waals surface area contributed by atoms with E-state index in [0.29, 0.717) is 5.69 Å². The fourth-order valence-corrected chi connectivity index (χ4v) is 7.51. The third-order valence-electron chi connectivity index (χ3n) is 9.31. The highest BCUT2D eigenvalue weighted by Crippen LogP contribution is 2.57. The van der Waals surface area contributed by atoms with Gasteiger partial charge < -0.3 is 36.9 Å². The zero-order valence-electron chi connectivity index (χ0n) is 25.0. The number of fused-ring (bicyclic) bond motifs is 3. The number of nitrogens with zero attached hydrogens (tertiary/aromatic N) is 3. The number of nitrogens with one attached hydrogen (secondary N) is 1. The molecule has 0 saturated heterocycles. The highest BCUT2D eigenvalue weighted by Gasteiger charge is 2.78. The molecule has 1 heterocycles. The number of hydrogen-bond acceptors (Lipinski definition) is 13. The number of nitrogens with two attached hydrogens (primary N) is 3. The molecule has 8 N–H and O–H groups in total. The molecule has 0 spiro atoms. The van der Waals surface area contributed by atoms with Crippen LogP contribution in [0.1, 0.15) is 38.5 Å². The minimum absolute atomic E-state index is 0.0186. The second kappa shape index (κ2) is 10.3. The van der Waals surface area contributed by atoms with Crippen LogP contribution < -0.4 is 27.4 Å². The Hall–Kier alpha value is -4.91. The standard InChI is InChI=1S/C30H33N7O8/c1-36(2)15-8-13(10-35-27(44)16-6-5-7-45-16)20(38)17-14(15)9-28(33)11-30(34)23(37(3)4)22(40)18(26(32)43)24(41)29(30,12-31)25(42)19(28)21(17)39/h5-8,18-19,23,38H,9-11,33-34H2,1-4H3,(H2,32,43)(H,35,44)/t18?,19?,23-,28-,29+,30-/m1/s1. The Morgan fingerprint density at radius 3 is 2.36 bits per heavy atom. The number of amides is 2. The molecule has 0 radical (unpaired) electrons. The minimum atomic E-state index is -2.84. The number of carbonyl (C=O) groups excluding carboxylic acids is 6. The number of benzene rings is 1. The van der Waals surface area contributed by atoms with E-state index in [9.17, 15) is 39.1 Å². The summed E-state index contributed by atoms with van der Waals surface area (Å²) in [5, 5.41) is 24.5. The van der Waals surface area contributed by atoms with E-state index in [2.05, 4.69) is 5.32 Å². The fourth-order valence-electron chi connectivity index (χ4n) is 7.51. The van der Waals surface area contributed by atoms with Crippen molar-refractivity contribution in [2.75, 3.05) is 33.1 Å². The molecule has 3 aliphatic carbocycles. The number of ketones is 4. The van der Waals surface area contributed by atoms with Gasteiger partial charge >= 0.3 is 0 Å². The maximum absolute atomic E-state index is 14.5. The highest BCUT2D eigenvalue weighted by atomic mass is 16.3. The molecule has 3 aliphatic rings. The fraction of sp³-hybridized carbons (Fsp3) is 0.433. The van der Waals surface area contributed by atoms with Crippen LogP contribution in [0, 0.1) is 28.6 Å². The van der Waals surface area contributed by atoms with Crippen LogP contribution in [0.4, 0.5) is 5.69 Å². The molecule has 1 aromatic heterocycles. The van der Waals surface area contributed by atoms with Crippen LogP contribution in [0.15, 0.2) is 28.9 Å². The third-order valence-corrected chi connectivity index (χ3v) is 9.31. The van der Waals surface area contributed by atoms with Gasteiger partial charge in [-0.2, -0.15) is 5.26 Å². The van der Waals surface area contributed by atoms with Crippen LogP contribution in [0.25, 0.3) is 0 Å². The highest BCUT2D eigenvalue weighted by molar-refractivity contribution is 6.33. The number of rotatable bonds is 6. The number of furan rings is 1. The molecule has 2 unspecified atom stereocenters. The van der Waals surface area contributed by atoms with E-state index < -0.39 is 81.5 Å². The first-order valence-electron chi connectivity index (χ1n) is 14.0. The van der Waals surface area contributed by atoms with Crippen LogP contribution in [0.2, 0.25) is 0 Å². The number of phenols is 1. The first-order chi connectivity index (χ1) is 21.0. The summed E-state index contributed by atoms with van der Waals surface area (Å²) < 4.78 is 5.09. The molecule has 236 valence electrons. The number of likely N-dealkylation sites (N-methyl/N-ethyl adjacent to an activating group) is 1. The van der Waals surface area contributed by atoms with Crippen LogP contribution in [-0.2, 0) is 32.1 Å². The van der Waals surface area contributed by atoms with Crippen molar-refractivity contribution in [1.29, 1.82) is 5.26 Å². The van der Waals surface area contributed by atoms with Crippen LogP contribution in [-0.4, -0.2) is 90.3 Å². The Bertz CT molecular complexity index is 1730. The second-order valence-corrected chi connectivity index (χ2v) is 12.4. The summed E-state index contributed by atoms with van der Waals surface area (Å²) in [4.78, 5) is 84.1. The summed E-state index contributed by atoms with van der Waals surface area (Å²) in [7, 11) is 6.23. The monoisotopic (exact) mass is 619 g/mol. The van der Waals surface area contributed by atoms with Crippen LogP contribution in [0.3, 0.4) is 0 Å². The van der Waals surface area contributed by atoms with Crippen molar-refractivity contribution in [3.63, 3.8) is 0 Å². The molecule has 5 rings (SSSR count). The molecule has 2 amide bonds. The van der Waals surface area contributed by atoms with E-state index >= 15 is 0 Å². The Morgan fingerprint density at radius 2 is 1.82 bits per heavy atom. The molecular formula is C30H33N7O8. The number of Topliss-reactive ketones (excluding diaryl/α,β-unsaturated/α-hetero) is 4. The first-order valence-corrected chi connectivity index (χ1v) is 14.0. The lowest BCUT2D eigenvalue weighted by Crippen LogP contribution is -2.85. The molecule has 6 atom stereocenters. The average molecular weight is 620 g/mol. The van der Waals surface area contributed by atoms with Crippen molar-refractivity contribution in [3.8, 4) is 11.8 Å². The zero-order valence-corrected chi connectivity index (χ0v) is 25.0. The van der Waals surface area contributed by atoms with Crippen molar-refractivity contribution < 1.29 is 38.3 Å². The second-order valence-electron chi connectivity index (χ2n) is 12.4. The average Bonchev–Trinajstić information content (AvgIpc) is 3.46. The zero-order chi connectivity index (χ0) is 33.4. The normalized spacial score (nSPS) is 30.7. The number of nitriles is 1. The minimum Gasteiger partial charge on any atom is -0.507 e. The first kappa shape index (κ1) is 31.5. The molecule has 0 aliphatic heterocycles. The van der Waals surface area contributed by atoms with Gasteiger partial charge in [0.2, 0.25) is 5.91 Å². The summed E-state index contributed by atoms with van der Waals surface area (Å²) >= 11 is 0. The molecule has 15 nitrogen and oxygen atoms in total. The summed E-state index contributed by atoms with van der Waals surface area (Å²) in [5.41, 5.74) is 12.8. The van der Waals surface area contributed by atoms with Gasteiger partial charge in [-0.1, -0.05) is 0 Å². The number of hydrogen-bond donors (Lipinski definition) is 5. The lowest BCUT2D eigenvalue weighted by molar-refractivity contribution is -0.166. The molecule has 2 aromatic rings. The van der Waals surface area contributed by atoms with Gasteiger partial charge in [-0.05, 0) is 50.7 Å². The molecule has 1 aromatic carbocycles. The van der Waals surface area contributed by atoms with Crippen LogP contribution in [0.5, 0.6) is 5.75 Å². The lowest BCUT2D eigenvalue weighted by Gasteiger charge is -2.60. The molecule has 0 bridgehead atoms. The van der Waals surface area contributed by atoms with Gasteiger partial charge in [0, 0.05) is 37.4 Å². The van der Waals surface area contributed by atoms with E-state index in [1.165, 1.54) is 37.4 Å². The van der Waals surface area contributed by atoms with Crippen molar-refractivity contribution in [2.45, 2.75) is 36.5 Å². The summed E-state index contributed by atoms with van der Waals surface area (Å²) in [5.74, 6) is -11.1. The molecular weight excluding hydrogens is 586 g/mol. The lowest BCUT2D eigenvalue weighted by atomic mass is 9.42. The maximum Gasteiger partial charge on any atom is 0.287 e. The van der Waals surface area contributed by atoms with E-state index in [4.69, 9.17) is 21.6 Å². The molecule has 15 heteroatoms. The van der Waals surface area contributed by atoms with E-state index in [-0.39, 0.29) is 35.4 Å². The summed E-state index contributed by atoms with van der Waals surface area (Å²) in [6.45, 7) is -0.238. The Kier molecular flexibility index (Phi) is 7.24. The van der Waals surface area contributed by atoms with E-state index in [0.717, 1.165) is 0 Å². The summed E-state index contributed by atoms with van der Waals surface area (Å²) in [6, 6.07) is 4.71. The van der Waals surface area contributed by atoms with Crippen molar-refractivity contribution >= 4 is 40.6 Å². The number of phenolic OH excluding ortho intramolecular Hbond substituents is 1. The number of aromatic hydroxyl groups is 1. The van der Waals surface area contributed by atoms with Gasteiger partial charge in [0.05, 0.1) is 29.5 Å². The van der Waals surface area contributed by atoms with Gasteiger partial charge in [-0.15, -0.1) is 0 Å². The molecule has 45 heavy (non-hydrogen) atoms. The predicted octanol–water partition coefficient (Wildman–Crippen LogP) is -1.60. The third kappa shape index (κ3) is 4.13. The quantitative estimate of drug-likeness (QED) is 0.229. The maximum atomic E-state index is 14.5. The Morgan fingerprint density at radius 1 is 1.16 bits per heavy atom. The van der Waals surface area contributed by atoms with Gasteiger partial charge in [-0.25, -0.2) is 0 Å². The molecule has 2 fully saturated rings. The molecule has 2 saturated carbocycles. The van der Waals surface area contributed by atoms with Crippen molar-refractivity contribution in [2.24, 2.45) is 34.5 Å². The largest absolute Gasteiger partial charge is 0.507 e. The Balaban J connectivity index is 1.69. The SMILES string of the molecule is CN(C)c1cc(CNC(=O)c2ccco2)c(O)c2c1C[C@@]1(N)C[C@@]3(N)[C@H](N(C)C)C(=O)C(C(N)=O)C(=O)[C@@]3(C#N)C(=O)C1C2=O. The van der Waals surface area contributed by atoms with Crippen molar-refractivity contribution in [1.82, 2.24) is 10.2 Å². The number of anilines is 1. The van der Waals surface area contributed by atoms with Crippen LogP contribution >= 0.6 is 0 Å². The number of carbonyl (C=O) groups is 6. The predicted molar refractivity (Wildman–Crippen MR) is 156 cm³/mol. The Labute approximate surface area is 257 Å². The topological polar surface area (TPSA) is 256 Å². The van der Waals surface area contributed by atoms with Crippen molar-refractivity contribution in [3.05, 3.63) is 46.9 Å². The van der Waals surface area contributed by atoms with Gasteiger partial charge in [0.25, 0.3) is 5.91 Å². The van der Waals surface area contributed by atoms with E-state index in [1.54, 1.807) is 31.1 Å². The van der Waals surface area contributed by atoms with Gasteiger partial charge in [0.1, 0.15) is 11.7 Å². The van der Waals surface area contributed by atoms with Gasteiger partial charge in [0.15, 0.2) is 40.2 Å².